The van der Waals surface area contributed by atoms with Crippen molar-refractivity contribution in [2.45, 2.75) is 32.6 Å². The van der Waals surface area contributed by atoms with E-state index in [0.29, 0.717) is 11.8 Å². The third kappa shape index (κ3) is 4.47. The van der Waals surface area contributed by atoms with Crippen molar-refractivity contribution >= 4 is 5.91 Å². The molecular formula is C19H27NO3. The van der Waals surface area contributed by atoms with Gasteiger partial charge in [-0.1, -0.05) is 17.7 Å². The van der Waals surface area contributed by atoms with Gasteiger partial charge in [0.25, 0.3) is 0 Å². The second kappa shape index (κ2) is 7.82. The summed E-state index contributed by atoms with van der Waals surface area (Å²) < 4.78 is 11.2. The lowest BCUT2D eigenvalue weighted by Gasteiger charge is -2.26. The largest absolute Gasteiger partial charge is 0.494 e. The number of rotatable bonds is 5. The summed E-state index contributed by atoms with van der Waals surface area (Å²) in [5.41, 5.74) is 1.25. The molecule has 126 valence electrons. The molecule has 3 rings (SSSR count). The summed E-state index contributed by atoms with van der Waals surface area (Å²) in [6.45, 7) is 6.08. The molecule has 0 radical (unpaired) electrons. The van der Waals surface area contributed by atoms with Gasteiger partial charge in [0.15, 0.2) is 0 Å². The topological polar surface area (TPSA) is 38.8 Å². The van der Waals surface area contributed by atoms with Crippen molar-refractivity contribution in [3.05, 3.63) is 29.8 Å². The van der Waals surface area contributed by atoms with E-state index >= 15 is 0 Å². The first-order valence-electron chi connectivity index (χ1n) is 8.78. The van der Waals surface area contributed by atoms with Crippen LogP contribution in [0.15, 0.2) is 24.3 Å². The zero-order valence-electron chi connectivity index (χ0n) is 14.0. The predicted octanol–water partition coefficient (Wildman–Crippen LogP) is 3.04. The highest BCUT2D eigenvalue weighted by Gasteiger charge is 2.31. The van der Waals surface area contributed by atoms with Crippen LogP contribution in [0.4, 0.5) is 0 Å². The van der Waals surface area contributed by atoms with Gasteiger partial charge in [-0.3, -0.25) is 4.79 Å². The highest BCUT2D eigenvalue weighted by atomic mass is 16.5. The molecule has 2 aliphatic heterocycles. The molecule has 2 heterocycles. The number of hydrogen-bond acceptors (Lipinski definition) is 3. The maximum absolute atomic E-state index is 12.5. The lowest BCUT2D eigenvalue weighted by atomic mass is 9.99. The van der Waals surface area contributed by atoms with Crippen molar-refractivity contribution in [2.75, 3.05) is 32.9 Å². The molecule has 1 aromatic rings. The molecule has 1 atom stereocenters. The Hall–Kier alpha value is -1.55. The third-order valence-electron chi connectivity index (χ3n) is 4.98. The standard InChI is InChI=1S/C19H27NO3/c1-15-2-4-18(5-3-15)23-13-7-16-6-10-20(14-16)19(21)17-8-11-22-12-9-17/h2-5,16-17H,6-14H2,1H3. The van der Waals surface area contributed by atoms with Crippen molar-refractivity contribution in [1.29, 1.82) is 0 Å². The fraction of sp³-hybridized carbons (Fsp3) is 0.632. The molecular weight excluding hydrogens is 290 g/mol. The van der Waals surface area contributed by atoms with E-state index in [1.54, 1.807) is 0 Å². The van der Waals surface area contributed by atoms with Gasteiger partial charge in [-0.15, -0.1) is 0 Å². The monoisotopic (exact) mass is 317 g/mol. The molecule has 0 N–H and O–H groups in total. The first-order valence-corrected chi connectivity index (χ1v) is 8.78. The van der Waals surface area contributed by atoms with Crippen LogP contribution in [0.5, 0.6) is 5.75 Å². The van der Waals surface area contributed by atoms with E-state index < -0.39 is 0 Å². The van der Waals surface area contributed by atoms with Crippen molar-refractivity contribution < 1.29 is 14.3 Å². The van der Waals surface area contributed by atoms with Gasteiger partial charge in [0.2, 0.25) is 5.91 Å². The number of nitrogens with zero attached hydrogens (tertiary/aromatic N) is 1. The molecule has 0 aromatic heterocycles. The summed E-state index contributed by atoms with van der Waals surface area (Å²) in [5.74, 6) is 2.04. The molecule has 0 saturated carbocycles. The molecule has 4 heteroatoms. The van der Waals surface area contributed by atoms with Crippen LogP contribution in [-0.2, 0) is 9.53 Å². The minimum atomic E-state index is 0.186. The summed E-state index contributed by atoms with van der Waals surface area (Å²) in [6.07, 6.45) is 3.89. The van der Waals surface area contributed by atoms with E-state index in [4.69, 9.17) is 9.47 Å². The van der Waals surface area contributed by atoms with Crippen LogP contribution in [0.1, 0.15) is 31.2 Å². The zero-order valence-corrected chi connectivity index (χ0v) is 14.0. The second-order valence-corrected chi connectivity index (χ2v) is 6.78. The number of carbonyl (C=O) groups excluding carboxylic acids is 1. The lowest BCUT2D eigenvalue weighted by molar-refractivity contribution is -0.137. The molecule has 0 bridgehead atoms. The third-order valence-corrected chi connectivity index (χ3v) is 4.98. The van der Waals surface area contributed by atoms with Crippen molar-refractivity contribution in [3.63, 3.8) is 0 Å². The van der Waals surface area contributed by atoms with Gasteiger partial charge in [0.05, 0.1) is 6.61 Å². The highest BCUT2D eigenvalue weighted by Crippen LogP contribution is 2.25. The van der Waals surface area contributed by atoms with E-state index in [-0.39, 0.29) is 5.92 Å². The first kappa shape index (κ1) is 16.3. The van der Waals surface area contributed by atoms with E-state index in [1.807, 2.05) is 12.1 Å². The minimum absolute atomic E-state index is 0.186. The van der Waals surface area contributed by atoms with Crippen molar-refractivity contribution in [2.24, 2.45) is 11.8 Å². The first-order chi connectivity index (χ1) is 11.2. The lowest BCUT2D eigenvalue weighted by Crippen LogP contribution is -2.37. The number of ether oxygens (including phenoxy) is 2. The Kier molecular flexibility index (Phi) is 5.55. The average molecular weight is 317 g/mol. The van der Waals surface area contributed by atoms with Gasteiger partial charge in [0.1, 0.15) is 5.75 Å². The number of amides is 1. The molecule has 2 aliphatic rings. The molecule has 1 unspecified atom stereocenters. The van der Waals surface area contributed by atoms with Crippen LogP contribution in [-0.4, -0.2) is 43.7 Å². The number of carbonyl (C=O) groups is 1. The summed E-state index contributed by atoms with van der Waals surface area (Å²) in [6, 6.07) is 8.17. The summed E-state index contributed by atoms with van der Waals surface area (Å²) in [5, 5.41) is 0. The van der Waals surface area contributed by atoms with Gasteiger partial charge in [-0.05, 0) is 50.7 Å². The van der Waals surface area contributed by atoms with E-state index in [0.717, 1.165) is 64.3 Å². The molecule has 0 aliphatic carbocycles. The van der Waals surface area contributed by atoms with E-state index in [1.165, 1.54) is 5.56 Å². The van der Waals surface area contributed by atoms with Gasteiger partial charge in [-0.25, -0.2) is 0 Å². The van der Waals surface area contributed by atoms with Gasteiger partial charge in [0, 0.05) is 32.2 Å². The second-order valence-electron chi connectivity index (χ2n) is 6.78. The molecule has 1 amide bonds. The smallest absolute Gasteiger partial charge is 0.225 e. The highest BCUT2D eigenvalue weighted by molar-refractivity contribution is 5.79. The van der Waals surface area contributed by atoms with Gasteiger partial charge in [-0.2, -0.15) is 0 Å². The molecule has 4 nitrogen and oxygen atoms in total. The van der Waals surface area contributed by atoms with E-state index in [9.17, 15) is 4.79 Å². The van der Waals surface area contributed by atoms with E-state index in [2.05, 4.69) is 24.0 Å². The summed E-state index contributed by atoms with van der Waals surface area (Å²) in [7, 11) is 0. The minimum Gasteiger partial charge on any atom is -0.494 e. The van der Waals surface area contributed by atoms with Crippen LogP contribution < -0.4 is 4.74 Å². The zero-order chi connectivity index (χ0) is 16.1. The quantitative estimate of drug-likeness (QED) is 0.838. The Morgan fingerprint density at radius 1 is 1.22 bits per heavy atom. The Labute approximate surface area is 138 Å². The van der Waals surface area contributed by atoms with Crippen LogP contribution in [0, 0.1) is 18.8 Å². The maximum atomic E-state index is 12.5. The SMILES string of the molecule is Cc1ccc(OCCC2CCN(C(=O)C3CCOCC3)C2)cc1. The molecule has 2 saturated heterocycles. The number of hydrogen-bond donors (Lipinski definition) is 0. The number of benzene rings is 1. The van der Waals surface area contributed by atoms with Crippen LogP contribution in [0.3, 0.4) is 0 Å². The van der Waals surface area contributed by atoms with Gasteiger partial charge >= 0.3 is 0 Å². The predicted molar refractivity (Wildman–Crippen MR) is 89.5 cm³/mol. The van der Waals surface area contributed by atoms with Crippen LogP contribution >= 0.6 is 0 Å². The Balaban J connectivity index is 1.39. The van der Waals surface area contributed by atoms with Crippen molar-refractivity contribution in [1.82, 2.24) is 4.90 Å². The van der Waals surface area contributed by atoms with Crippen LogP contribution in [0.25, 0.3) is 0 Å². The maximum Gasteiger partial charge on any atom is 0.225 e. The Bertz CT molecular complexity index is 508. The summed E-state index contributed by atoms with van der Waals surface area (Å²) in [4.78, 5) is 14.6. The Morgan fingerprint density at radius 2 is 1.96 bits per heavy atom. The molecule has 23 heavy (non-hydrogen) atoms. The average Bonchev–Trinajstić information content (AvgIpc) is 3.06. The van der Waals surface area contributed by atoms with Crippen LogP contribution in [0.2, 0.25) is 0 Å². The Morgan fingerprint density at radius 3 is 2.70 bits per heavy atom. The van der Waals surface area contributed by atoms with Crippen molar-refractivity contribution in [3.8, 4) is 5.75 Å². The number of aryl methyl sites for hydroxylation is 1. The molecule has 1 aromatic carbocycles. The molecule has 0 spiro atoms. The molecule has 2 fully saturated rings. The normalized spacial score (nSPS) is 22.3. The number of likely N-dealkylation sites (tertiary alicyclic amines) is 1. The summed E-state index contributed by atoms with van der Waals surface area (Å²) >= 11 is 0. The fourth-order valence-corrected chi connectivity index (χ4v) is 3.45. The van der Waals surface area contributed by atoms with Gasteiger partial charge < -0.3 is 14.4 Å². The fourth-order valence-electron chi connectivity index (χ4n) is 3.45.